The summed E-state index contributed by atoms with van der Waals surface area (Å²) in [5.41, 5.74) is 0. The van der Waals surface area contributed by atoms with Gasteiger partial charge in [-0.25, -0.2) is 9.59 Å². The number of urea groups is 1. The van der Waals surface area contributed by atoms with Gasteiger partial charge < -0.3 is 25.5 Å². The molecule has 0 spiro atoms. The minimum absolute atomic E-state index is 0.0303. The molecular weight excluding hydrogens is 228 g/mol. The van der Waals surface area contributed by atoms with Gasteiger partial charge in [0.25, 0.3) is 0 Å². The molecule has 1 saturated heterocycles. The van der Waals surface area contributed by atoms with E-state index in [-0.39, 0.29) is 19.6 Å². The predicted octanol–water partition coefficient (Wildman–Crippen LogP) is -1.01. The maximum atomic E-state index is 11.7. The molecule has 0 saturated carbocycles. The van der Waals surface area contributed by atoms with Gasteiger partial charge in [0.05, 0.1) is 6.10 Å². The molecule has 2 atom stereocenters. The molecule has 0 radical (unpaired) electrons. The van der Waals surface area contributed by atoms with Crippen molar-refractivity contribution < 1.29 is 24.9 Å². The Morgan fingerprint density at radius 1 is 1.47 bits per heavy atom. The summed E-state index contributed by atoms with van der Waals surface area (Å²) < 4.78 is 0. The van der Waals surface area contributed by atoms with Crippen molar-refractivity contribution in [3.05, 3.63) is 0 Å². The van der Waals surface area contributed by atoms with Gasteiger partial charge >= 0.3 is 12.0 Å². The minimum Gasteiger partial charge on any atom is -0.480 e. The Kier molecular flexibility index (Phi) is 5.17. The van der Waals surface area contributed by atoms with Crippen LogP contribution in [0.15, 0.2) is 0 Å². The zero-order valence-corrected chi connectivity index (χ0v) is 9.50. The summed E-state index contributed by atoms with van der Waals surface area (Å²) in [6, 6.07) is -1.60. The van der Waals surface area contributed by atoms with Crippen molar-refractivity contribution in [2.75, 3.05) is 19.7 Å². The third-order valence-corrected chi connectivity index (χ3v) is 2.70. The van der Waals surface area contributed by atoms with Crippen LogP contribution in [0.5, 0.6) is 0 Å². The van der Waals surface area contributed by atoms with Crippen molar-refractivity contribution in [2.45, 2.75) is 31.4 Å². The maximum Gasteiger partial charge on any atom is 0.326 e. The number of nitrogens with one attached hydrogen (secondary N) is 1. The average molecular weight is 246 g/mol. The standard InChI is InChI=1S/C10H18N2O5/c13-5-3-8(9(15)16)11-10(17)12-4-1-2-7(14)6-12/h7-8,13-14H,1-6H2,(H,11,17)(H,15,16)/t7?,8-/m1/s1. The quantitative estimate of drug-likeness (QED) is 0.508. The average Bonchev–Trinajstić information content (AvgIpc) is 2.28. The summed E-state index contributed by atoms with van der Waals surface area (Å²) >= 11 is 0. The van der Waals surface area contributed by atoms with E-state index in [0.29, 0.717) is 19.4 Å². The van der Waals surface area contributed by atoms with E-state index < -0.39 is 24.1 Å². The van der Waals surface area contributed by atoms with Crippen LogP contribution >= 0.6 is 0 Å². The second-order valence-electron chi connectivity index (χ2n) is 4.09. The van der Waals surface area contributed by atoms with E-state index in [1.165, 1.54) is 4.90 Å². The Balaban J connectivity index is 2.48. The van der Waals surface area contributed by atoms with Gasteiger partial charge in [0.2, 0.25) is 0 Å². The molecule has 0 bridgehead atoms. The predicted molar refractivity (Wildman–Crippen MR) is 58.5 cm³/mol. The SMILES string of the molecule is O=C(O)[C@@H](CCO)NC(=O)N1CCCC(O)C1. The summed E-state index contributed by atoms with van der Waals surface area (Å²) in [6.07, 6.45) is 0.780. The number of hydrogen-bond donors (Lipinski definition) is 4. The summed E-state index contributed by atoms with van der Waals surface area (Å²) in [6.45, 7) is 0.422. The smallest absolute Gasteiger partial charge is 0.326 e. The van der Waals surface area contributed by atoms with Gasteiger partial charge in [-0.2, -0.15) is 0 Å². The van der Waals surface area contributed by atoms with E-state index in [1.807, 2.05) is 0 Å². The number of aliphatic hydroxyl groups excluding tert-OH is 2. The van der Waals surface area contributed by atoms with Gasteiger partial charge in [-0.1, -0.05) is 0 Å². The summed E-state index contributed by atoms with van der Waals surface area (Å²) in [7, 11) is 0. The molecule has 1 aliphatic heterocycles. The number of carbonyl (C=O) groups excluding carboxylic acids is 1. The van der Waals surface area contributed by atoms with E-state index in [0.717, 1.165) is 0 Å². The molecule has 7 nitrogen and oxygen atoms in total. The molecule has 0 aromatic rings. The van der Waals surface area contributed by atoms with Crippen molar-refractivity contribution in [1.29, 1.82) is 0 Å². The molecule has 98 valence electrons. The van der Waals surface area contributed by atoms with Crippen LogP contribution in [-0.2, 0) is 4.79 Å². The molecule has 17 heavy (non-hydrogen) atoms. The number of β-amino-alcohol motifs (C(OH)–C–C–N with tert-alkyl or cyclic N) is 1. The Labute approximate surface area is 99.0 Å². The number of carboxylic acids is 1. The van der Waals surface area contributed by atoms with Crippen molar-refractivity contribution in [1.82, 2.24) is 10.2 Å². The van der Waals surface area contributed by atoms with Crippen molar-refractivity contribution in [2.24, 2.45) is 0 Å². The first-order chi connectivity index (χ1) is 8.04. The monoisotopic (exact) mass is 246 g/mol. The number of carbonyl (C=O) groups is 2. The number of nitrogens with zero attached hydrogens (tertiary/aromatic N) is 1. The van der Waals surface area contributed by atoms with Gasteiger partial charge in [0, 0.05) is 26.1 Å². The largest absolute Gasteiger partial charge is 0.480 e. The molecule has 4 N–H and O–H groups in total. The molecule has 2 amide bonds. The molecule has 1 aliphatic rings. The third-order valence-electron chi connectivity index (χ3n) is 2.70. The van der Waals surface area contributed by atoms with Crippen LogP contribution < -0.4 is 5.32 Å². The number of piperidine rings is 1. The van der Waals surface area contributed by atoms with Crippen LogP contribution in [0.3, 0.4) is 0 Å². The maximum absolute atomic E-state index is 11.7. The fraction of sp³-hybridized carbons (Fsp3) is 0.800. The van der Waals surface area contributed by atoms with Gasteiger partial charge in [-0.3, -0.25) is 0 Å². The van der Waals surface area contributed by atoms with E-state index in [9.17, 15) is 14.7 Å². The van der Waals surface area contributed by atoms with Crippen molar-refractivity contribution in [3.8, 4) is 0 Å². The molecule has 1 rings (SSSR count). The van der Waals surface area contributed by atoms with Crippen LogP contribution in [0, 0.1) is 0 Å². The first-order valence-electron chi connectivity index (χ1n) is 5.61. The van der Waals surface area contributed by atoms with Crippen molar-refractivity contribution >= 4 is 12.0 Å². The van der Waals surface area contributed by atoms with Crippen molar-refractivity contribution in [3.63, 3.8) is 0 Å². The molecule has 1 heterocycles. The number of rotatable bonds is 4. The highest BCUT2D eigenvalue weighted by atomic mass is 16.4. The van der Waals surface area contributed by atoms with E-state index in [2.05, 4.69) is 5.32 Å². The lowest BCUT2D eigenvalue weighted by molar-refractivity contribution is -0.139. The summed E-state index contributed by atoms with van der Waals surface area (Å²) in [4.78, 5) is 23.9. The Morgan fingerprint density at radius 3 is 2.71 bits per heavy atom. The summed E-state index contributed by atoms with van der Waals surface area (Å²) in [5, 5.41) is 29.2. The van der Waals surface area contributed by atoms with Gasteiger partial charge in [-0.05, 0) is 12.8 Å². The third kappa shape index (κ3) is 4.20. The highest BCUT2D eigenvalue weighted by Gasteiger charge is 2.26. The topological polar surface area (TPSA) is 110 Å². The highest BCUT2D eigenvalue weighted by molar-refractivity contribution is 5.82. The Morgan fingerprint density at radius 2 is 2.18 bits per heavy atom. The van der Waals surface area contributed by atoms with Gasteiger partial charge in [-0.15, -0.1) is 0 Å². The molecular formula is C10H18N2O5. The zero-order valence-electron chi connectivity index (χ0n) is 9.50. The molecule has 1 unspecified atom stereocenters. The van der Waals surface area contributed by atoms with Crippen LogP contribution in [0.4, 0.5) is 4.79 Å². The molecule has 1 fully saturated rings. The van der Waals surface area contributed by atoms with Crippen LogP contribution in [0.2, 0.25) is 0 Å². The van der Waals surface area contributed by atoms with Gasteiger partial charge in [0.15, 0.2) is 0 Å². The lowest BCUT2D eigenvalue weighted by Gasteiger charge is -2.31. The van der Waals surface area contributed by atoms with Crippen LogP contribution in [0.25, 0.3) is 0 Å². The fourth-order valence-corrected chi connectivity index (χ4v) is 1.77. The number of carboxylic acid groups (broad SMARTS) is 1. The Bertz CT molecular complexity index is 284. The molecule has 0 aromatic heterocycles. The number of aliphatic hydroxyl groups is 2. The normalized spacial score (nSPS) is 22.0. The highest BCUT2D eigenvalue weighted by Crippen LogP contribution is 2.10. The van der Waals surface area contributed by atoms with Crippen LogP contribution in [0.1, 0.15) is 19.3 Å². The lowest BCUT2D eigenvalue weighted by atomic mass is 10.1. The second-order valence-corrected chi connectivity index (χ2v) is 4.09. The molecule has 0 aromatic carbocycles. The minimum atomic E-state index is -1.18. The van der Waals surface area contributed by atoms with Gasteiger partial charge in [0.1, 0.15) is 6.04 Å². The zero-order chi connectivity index (χ0) is 12.8. The summed E-state index contributed by atoms with van der Waals surface area (Å²) in [5.74, 6) is -1.18. The first-order valence-corrected chi connectivity index (χ1v) is 5.61. The van der Waals surface area contributed by atoms with E-state index in [4.69, 9.17) is 10.2 Å². The number of amides is 2. The number of hydrogen-bond acceptors (Lipinski definition) is 4. The second kappa shape index (κ2) is 6.41. The molecule has 0 aliphatic carbocycles. The lowest BCUT2D eigenvalue weighted by Crippen LogP contribution is -2.51. The van der Waals surface area contributed by atoms with E-state index in [1.54, 1.807) is 0 Å². The molecule has 7 heteroatoms. The Hall–Kier alpha value is -1.34. The van der Waals surface area contributed by atoms with E-state index >= 15 is 0 Å². The number of likely N-dealkylation sites (tertiary alicyclic amines) is 1. The first kappa shape index (κ1) is 13.7. The van der Waals surface area contributed by atoms with Crippen LogP contribution in [-0.4, -0.2) is 64.1 Å². The fourth-order valence-electron chi connectivity index (χ4n) is 1.77. The number of aliphatic carboxylic acids is 1.